The first-order valence-electron chi connectivity index (χ1n) is 3.11. The van der Waals surface area contributed by atoms with E-state index in [-0.39, 0.29) is 12.1 Å². The van der Waals surface area contributed by atoms with Crippen molar-refractivity contribution in [3.8, 4) is 0 Å². The fourth-order valence-electron chi connectivity index (χ4n) is 0.977. The predicted octanol–water partition coefficient (Wildman–Crippen LogP) is 0.959. The van der Waals surface area contributed by atoms with Crippen LogP contribution >= 0.6 is 7.80 Å². The minimum Gasteiger partial charge on any atom is -0.481 e. The van der Waals surface area contributed by atoms with Crippen molar-refractivity contribution in [1.29, 1.82) is 0 Å². The standard InChI is InChI=1S/C6H9O3P/c7-6(8)4-5-2-1-3-10(5)9/h1-2,5,10H,3-4H2,(H,7,8)/t5-/m0/s1. The maximum absolute atomic E-state index is 11.0. The molecule has 0 spiro atoms. The predicted molar refractivity (Wildman–Crippen MR) is 39.0 cm³/mol. The highest BCUT2D eigenvalue weighted by Crippen LogP contribution is 2.36. The van der Waals surface area contributed by atoms with Gasteiger partial charge < -0.3 is 9.67 Å². The van der Waals surface area contributed by atoms with E-state index in [1.807, 2.05) is 0 Å². The largest absolute Gasteiger partial charge is 0.481 e. The molecule has 1 rings (SSSR count). The summed E-state index contributed by atoms with van der Waals surface area (Å²) in [4.78, 5) is 10.1. The first-order valence-corrected chi connectivity index (χ1v) is 4.80. The molecule has 0 saturated heterocycles. The van der Waals surface area contributed by atoms with E-state index in [4.69, 9.17) is 5.11 Å². The van der Waals surface area contributed by atoms with Gasteiger partial charge in [-0.05, 0) is 0 Å². The van der Waals surface area contributed by atoms with Gasteiger partial charge >= 0.3 is 5.97 Å². The number of hydrogen-bond acceptors (Lipinski definition) is 2. The molecule has 0 aliphatic carbocycles. The number of aliphatic carboxylic acids is 1. The lowest BCUT2D eigenvalue weighted by Crippen LogP contribution is -2.04. The van der Waals surface area contributed by atoms with Gasteiger partial charge in [-0.25, -0.2) is 0 Å². The molecular formula is C6H9O3P. The summed E-state index contributed by atoms with van der Waals surface area (Å²) < 4.78 is 11.0. The van der Waals surface area contributed by atoms with Crippen LogP contribution in [0.4, 0.5) is 0 Å². The Morgan fingerprint density at radius 2 is 2.50 bits per heavy atom. The Balaban J connectivity index is 2.48. The normalized spacial score (nSPS) is 30.8. The molecule has 10 heavy (non-hydrogen) atoms. The maximum Gasteiger partial charge on any atom is 0.304 e. The fourth-order valence-corrected chi connectivity index (χ4v) is 2.40. The average Bonchev–Trinajstić information content (AvgIpc) is 2.15. The van der Waals surface area contributed by atoms with E-state index < -0.39 is 13.8 Å². The number of allylic oxidation sites excluding steroid dienone is 2. The Bertz CT molecular complexity index is 197. The molecule has 0 radical (unpaired) electrons. The molecular weight excluding hydrogens is 151 g/mol. The number of rotatable bonds is 2. The lowest BCUT2D eigenvalue weighted by atomic mass is 10.3. The van der Waals surface area contributed by atoms with Crippen molar-refractivity contribution in [1.82, 2.24) is 0 Å². The van der Waals surface area contributed by atoms with Gasteiger partial charge in [-0.3, -0.25) is 4.79 Å². The Morgan fingerprint density at radius 1 is 1.80 bits per heavy atom. The topological polar surface area (TPSA) is 54.4 Å². The second-order valence-electron chi connectivity index (χ2n) is 2.30. The van der Waals surface area contributed by atoms with Gasteiger partial charge in [0.15, 0.2) is 0 Å². The first-order chi connectivity index (χ1) is 4.70. The van der Waals surface area contributed by atoms with Crippen molar-refractivity contribution >= 4 is 13.8 Å². The van der Waals surface area contributed by atoms with E-state index in [0.717, 1.165) is 0 Å². The van der Waals surface area contributed by atoms with Crippen molar-refractivity contribution in [3.63, 3.8) is 0 Å². The summed E-state index contributed by atoms with van der Waals surface area (Å²) in [6.07, 6.45) is 4.15. The molecule has 1 aliphatic rings. The third-order valence-electron chi connectivity index (χ3n) is 1.50. The quantitative estimate of drug-likeness (QED) is 0.483. The summed E-state index contributed by atoms with van der Waals surface area (Å²) in [5.74, 6) is -0.866. The van der Waals surface area contributed by atoms with Crippen LogP contribution in [0.25, 0.3) is 0 Å². The fraction of sp³-hybridized carbons (Fsp3) is 0.500. The molecule has 0 bridgehead atoms. The third kappa shape index (κ3) is 1.71. The Kier molecular flexibility index (Phi) is 2.28. The lowest BCUT2D eigenvalue weighted by molar-refractivity contribution is -0.136. The molecule has 3 nitrogen and oxygen atoms in total. The molecule has 1 N–H and O–H groups in total. The van der Waals surface area contributed by atoms with Crippen LogP contribution in [0.5, 0.6) is 0 Å². The molecule has 0 aromatic carbocycles. The molecule has 0 aromatic rings. The van der Waals surface area contributed by atoms with Gasteiger partial charge in [0.1, 0.15) is 0 Å². The summed E-state index contributed by atoms with van der Waals surface area (Å²) in [5, 5.41) is 8.34. The summed E-state index contributed by atoms with van der Waals surface area (Å²) in [5.41, 5.74) is -0.178. The van der Waals surface area contributed by atoms with Crippen LogP contribution in [-0.4, -0.2) is 22.9 Å². The highest BCUT2D eigenvalue weighted by molar-refractivity contribution is 7.46. The van der Waals surface area contributed by atoms with Crippen LogP contribution in [0, 0.1) is 0 Å². The third-order valence-corrected chi connectivity index (χ3v) is 3.36. The molecule has 0 amide bonds. The lowest BCUT2D eigenvalue weighted by Gasteiger charge is -2.00. The van der Waals surface area contributed by atoms with Crippen molar-refractivity contribution in [2.45, 2.75) is 12.1 Å². The van der Waals surface area contributed by atoms with E-state index in [1.165, 1.54) is 0 Å². The van der Waals surface area contributed by atoms with Gasteiger partial charge in [0.25, 0.3) is 0 Å². The summed E-state index contributed by atoms with van der Waals surface area (Å²) >= 11 is 0. The Morgan fingerprint density at radius 3 is 2.90 bits per heavy atom. The second kappa shape index (κ2) is 3.02. The minimum absolute atomic E-state index is 0.0221. The number of carboxylic acids is 1. The molecule has 0 fully saturated rings. The molecule has 2 atom stereocenters. The SMILES string of the molecule is O=C(O)C[C@@H]1C=CC[PH]1=O. The van der Waals surface area contributed by atoms with Gasteiger partial charge in [-0.15, -0.1) is 0 Å². The van der Waals surface area contributed by atoms with Gasteiger partial charge in [-0.2, -0.15) is 0 Å². The Hall–Kier alpha value is -0.560. The van der Waals surface area contributed by atoms with Crippen LogP contribution in [0.3, 0.4) is 0 Å². The summed E-state index contributed by atoms with van der Waals surface area (Å²) in [6, 6.07) is 0. The van der Waals surface area contributed by atoms with Crippen molar-refractivity contribution in [2.75, 3.05) is 6.16 Å². The highest BCUT2D eigenvalue weighted by atomic mass is 31.1. The smallest absolute Gasteiger partial charge is 0.304 e. The summed E-state index contributed by atoms with van der Waals surface area (Å²) in [6.45, 7) is 0. The van der Waals surface area contributed by atoms with Crippen LogP contribution in [-0.2, 0) is 9.36 Å². The van der Waals surface area contributed by atoms with E-state index in [1.54, 1.807) is 12.2 Å². The highest BCUT2D eigenvalue weighted by Gasteiger charge is 2.19. The van der Waals surface area contributed by atoms with Crippen LogP contribution in [0.1, 0.15) is 6.42 Å². The molecule has 1 heterocycles. The average molecular weight is 160 g/mol. The summed E-state index contributed by atoms with van der Waals surface area (Å²) in [7, 11) is -1.63. The minimum atomic E-state index is -1.63. The zero-order valence-corrected chi connectivity index (χ0v) is 6.41. The van der Waals surface area contributed by atoms with Crippen molar-refractivity contribution in [3.05, 3.63) is 12.2 Å². The number of carbonyl (C=O) groups is 1. The van der Waals surface area contributed by atoms with E-state index in [0.29, 0.717) is 6.16 Å². The molecule has 0 aromatic heterocycles. The van der Waals surface area contributed by atoms with Crippen LogP contribution < -0.4 is 0 Å². The van der Waals surface area contributed by atoms with Gasteiger partial charge in [0.2, 0.25) is 0 Å². The molecule has 0 saturated carbocycles. The molecule has 4 heteroatoms. The number of hydrogen-bond donors (Lipinski definition) is 1. The second-order valence-corrected chi connectivity index (χ2v) is 4.39. The van der Waals surface area contributed by atoms with E-state index in [2.05, 4.69) is 0 Å². The molecule has 56 valence electrons. The number of carboxylic acid groups (broad SMARTS) is 1. The molecule has 1 unspecified atom stereocenters. The van der Waals surface area contributed by atoms with Gasteiger partial charge in [-0.1, -0.05) is 12.2 Å². The van der Waals surface area contributed by atoms with Gasteiger partial charge in [0.05, 0.1) is 14.2 Å². The van der Waals surface area contributed by atoms with Crippen LogP contribution in [0.2, 0.25) is 0 Å². The molecule has 1 aliphatic heterocycles. The van der Waals surface area contributed by atoms with Crippen molar-refractivity contribution < 1.29 is 14.5 Å². The van der Waals surface area contributed by atoms with Crippen LogP contribution in [0.15, 0.2) is 12.2 Å². The Labute approximate surface area is 59.5 Å². The van der Waals surface area contributed by atoms with Gasteiger partial charge in [0, 0.05) is 11.8 Å². The maximum atomic E-state index is 11.0. The monoisotopic (exact) mass is 160 g/mol. The van der Waals surface area contributed by atoms with E-state index >= 15 is 0 Å². The first kappa shape index (κ1) is 7.55. The van der Waals surface area contributed by atoms with Crippen molar-refractivity contribution in [2.24, 2.45) is 0 Å². The zero-order valence-electron chi connectivity index (χ0n) is 5.41. The van der Waals surface area contributed by atoms with E-state index in [9.17, 15) is 9.36 Å². The zero-order chi connectivity index (χ0) is 7.56.